The monoisotopic (exact) mass is 407 g/mol. The van der Waals surface area contributed by atoms with Crippen LogP contribution in [0.5, 0.6) is 0 Å². The van der Waals surface area contributed by atoms with Gasteiger partial charge in [0.2, 0.25) is 0 Å². The number of benzene rings is 1. The summed E-state index contributed by atoms with van der Waals surface area (Å²) >= 11 is 5.74. The van der Waals surface area contributed by atoms with Gasteiger partial charge in [0.25, 0.3) is 5.91 Å². The maximum atomic E-state index is 12.2. The third-order valence-corrected chi connectivity index (χ3v) is 5.89. The van der Waals surface area contributed by atoms with Gasteiger partial charge in [-0.1, -0.05) is 28.1 Å². The van der Waals surface area contributed by atoms with Gasteiger partial charge in [-0.05, 0) is 60.4 Å². The SMILES string of the molecule is Cc1cccc(C(=O)NC2(CBr)CCC2)c1I. The number of hydrogen-bond donors (Lipinski definition) is 1. The molecular formula is C13H15BrINO. The molecule has 17 heavy (non-hydrogen) atoms. The van der Waals surface area contributed by atoms with Crippen LogP contribution in [0.15, 0.2) is 18.2 Å². The van der Waals surface area contributed by atoms with Crippen LogP contribution in [-0.2, 0) is 0 Å². The summed E-state index contributed by atoms with van der Waals surface area (Å²) < 4.78 is 1.05. The van der Waals surface area contributed by atoms with Gasteiger partial charge in [0.05, 0.1) is 11.1 Å². The minimum absolute atomic E-state index is 0.0100. The molecule has 1 saturated carbocycles. The zero-order valence-electron chi connectivity index (χ0n) is 9.72. The molecule has 0 unspecified atom stereocenters. The summed E-state index contributed by atoms with van der Waals surface area (Å²) in [6, 6.07) is 5.86. The summed E-state index contributed by atoms with van der Waals surface area (Å²) in [5.74, 6) is 0.0530. The molecule has 0 saturated heterocycles. The number of carbonyl (C=O) groups excluding carboxylic acids is 1. The highest BCUT2D eigenvalue weighted by Crippen LogP contribution is 2.34. The van der Waals surface area contributed by atoms with Gasteiger partial charge in [0, 0.05) is 8.90 Å². The highest BCUT2D eigenvalue weighted by Gasteiger charge is 2.37. The molecule has 92 valence electrons. The summed E-state index contributed by atoms with van der Waals surface area (Å²) in [5, 5.41) is 4.01. The minimum Gasteiger partial charge on any atom is -0.346 e. The normalized spacial score (nSPS) is 17.4. The molecule has 1 fully saturated rings. The number of alkyl halides is 1. The van der Waals surface area contributed by atoms with Crippen molar-refractivity contribution in [3.63, 3.8) is 0 Å². The maximum Gasteiger partial charge on any atom is 0.252 e. The molecule has 0 spiro atoms. The Hall–Kier alpha value is -0.100. The first kappa shape index (κ1) is 13.3. The standard InChI is InChI=1S/C13H15BrINO/c1-9-4-2-5-10(11(9)15)12(17)16-13(8-14)6-3-7-13/h2,4-5H,3,6-8H2,1H3,(H,16,17). The van der Waals surface area contributed by atoms with Gasteiger partial charge in [-0.2, -0.15) is 0 Å². The Morgan fingerprint density at radius 1 is 1.53 bits per heavy atom. The number of carbonyl (C=O) groups is 1. The lowest BCUT2D eigenvalue weighted by Crippen LogP contribution is -2.55. The van der Waals surface area contributed by atoms with E-state index in [-0.39, 0.29) is 11.4 Å². The van der Waals surface area contributed by atoms with Gasteiger partial charge in [-0.25, -0.2) is 0 Å². The van der Waals surface area contributed by atoms with Crippen molar-refractivity contribution >= 4 is 44.4 Å². The Morgan fingerprint density at radius 2 is 2.24 bits per heavy atom. The predicted molar refractivity (Wildman–Crippen MR) is 81.7 cm³/mol. The fourth-order valence-electron chi connectivity index (χ4n) is 2.03. The number of nitrogens with one attached hydrogen (secondary N) is 1. The average Bonchev–Trinajstić information content (AvgIpc) is 2.27. The van der Waals surface area contributed by atoms with Crippen LogP contribution in [0.3, 0.4) is 0 Å². The molecule has 0 aromatic heterocycles. The molecule has 1 aliphatic carbocycles. The van der Waals surface area contributed by atoms with Crippen molar-refractivity contribution < 1.29 is 4.79 Å². The second-order valence-electron chi connectivity index (χ2n) is 4.66. The first-order valence-electron chi connectivity index (χ1n) is 5.72. The topological polar surface area (TPSA) is 29.1 Å². The molecule has 1 N–H and O–H groups in total. The van der Waals surface area contributed by atoms with E-state index in [1.165, 1.54) is 6.42 Å². The Bertz CT molecular complexity index is 438. The largest absolute Gasteiger partial charge is 0.346 e. The Kier molecular flexibility index (Phi) is 4.13. The number of rotatable bonds is 3. The lowest BCUT2D eigenvalue weighted by molar-refractivity contribution is 0.0855. The molecule has 1 aromatic rings. The number of amides is 1. The van der Waals surface area contributed by atoms with Crippen LogP contribution >= 0.6 is 38.5 Å². The minimum atomic E-state index is -0.0100. The van der Waals surface area contributed by atoms with Crippen LogP contribution in [0.1, 0.15) is 35.2 Å². The molecule has 0 heterocycles. The summed E-state index contributed by atoms with van der Waals surface area (Å²) in [7, 11) is 0. The zero-order valence-corrected chi connectivity index (χ0v) is 13.5. The third kappa shape index (κ3) is 2.67. The van der Waals surface area contributed by atoms with Crippen molar-refractivity contribution in [3.8, 4) is 0 Å². The van der Waals surface area contributed by atoms with Crippen LogP contribution in [0, 0.1) is 10.5 Å². The number of hydrogen-bond acceptors (Lipinski definition) is 1. The van der Waals surface area contributed by atoms with Crippen LogP contribution in [0.2, 0.25) is 0 Å². The number of aryl methyl sites for hydroxylation is 1. The predicted octanol–water partition coefficient (Wildman–Crippen LogP) is 3.65. The third-order valence-electron chi connectivity index (χ3n) is 3.38. The van der Waals surface area contributed by atoms with Gasteiger partial charge in [-0.15, -0.1) is 0 Å². The summed E-state index contributed by atoms with van der Waals surface area (Å²) in [6.07, 6.45) is 3.36. The highest BCUT2D eigenvalue weighted by molar-refractivity contribution is 14.1. The first-order valence-corrected chi connectivity index (χ1v) is 7.92. The second-order valence-corrected chi connectivity index (χ2v) is 6.30. The summed E-state index contributed by atoms with van der Waals surface area (Å²) in [4.78, 5) is 12.2. The molecule has 0 radical (unpaired) electrons. The fraction of sp³-hybridized carbons (Fsp3) is 0.462. The average molecular weight is 408 g/mol. The van der Waals surface area contributed by atoms with Crippen molar-refractivity contribution in [2.45, 2.75) is 31.7 Å². The van der Waals surface area contributed by atoms with E-state index in [4.69, 9.17) is 0 Å². The van der Waals surface area contributed by atoms with Crippen LogP contribution in [0.4, 0.5) is 0 Å². The zero-order chi connectivity index (χ0) is 12.5. The Morgan fingerprint density at radius 3 is 2.76 bits per heavy atom. The molecule has 1 aromatic carbocycles. The van der Waals surface area contributed by atoms with Gasteiger partial charge in [0.15, 0.2) is 0 Å². The van der Waals surface area contributed by atoms with E-state index in [0.29, 0.717) is 0 Å². The van der Waals surface area contributed by atoms with Crippen LogP contribution < -0.4 is 5.32 Å². The molecule has 1 amide bonds. The number of halogens is 2. The lowest BCUT2D eigenvalue weighted by Gasteiger charge is -2.41. The molecule has 4 heteroatoms. The van der Waals surface area contributed by atoms with Crippen molar-refractivity contribution in [1.82, 2.24) is 5.32 Å². The van der Waals surface area contributed by atoms with E-state index in [2.05, 4.69) is 43.8 Å². The molecule has 2 nitrogen and oxygen atoms in total. The summed E-state index contributed by atoms with van der Waals surface area (Å²) in [5.41, 5.74) is 1.93. The Balaban J connectivity index is 2.17. The highest BCUT2D eigenvalue weighted by atomic mass is 127. The fourth-order valence-corrected chi connectivity index (χ4v) is 3.33. The van der Waals surface area contributed by atoms with Gasteiger partial charge in [-0.3, -0.25) is 4.79 Å². The van der Waals surface area contributed by atoms with Crippen molar-refractivity contribution in [2.24, 2.45) is 0 Å². The molecule has 2 rings (SSSR count). The van der Waals surface area contributed by atoms with E-state index < -0.39 is 0 Å². The van der Waals surface area contributed by atoms with Crippen molar-refractivity contribution in [2.75, 3.05) is 5.33 Å². The first-order chi connectivity index (χ1) is 8.08. The van der Waals surface area contributed by atoms with E-state index in [1.807, 2.05) is 25.1 Å². The van der Waals surface area contributed by atoms with Gasteiger partial charge >= 0.3 is 0 Å². The van der Waals surface area contributed by atoms with Crippen molar-refractivity contribution in [3.05, 3.63) is 32.9 Å². The molecule has 0 atom stereocenters. The molecule has 0 bridgehead atoms. The molecular weight excluding hydrogens is 393 g/mol. The van der Waals surface area contributed by atoms with Crippen LogP contribution in [0.25, 0.3) is 0 Å². The van der Waals surface area contributed by atoms with Crippen LogP contribution in [-0.4, -0.2) is 16.8 Å². The van der Waals surface area contributed by atoms with E-state index in [9.17, 15) is 4.79 Å². The Labute approximate surface area is 124 Å². The maximum absolute atomic E-state index is 12.2. The van der Waals surface area contributed by atoms with Gasteiger partial charge in [0.1, 0.15) is 0 Å². The molecule has 1 aliphatic rings. The van der Waals surface area contributed by atoms with Crippen molar-refractivity contribution in [1.29, 1.82) is 0 Å². The quantitative estimate of drug-likeness (QED) is 0.601. The lowest BCUT2D eigenvalue weighted by atomic mass is 9.78. The molecule has 0 aliphatic heterocycles. The summed E-state index contributed by atoms with van der Waals surface area (Å²) in [6.45, 7) is 2.03. The van der Waals surface area contributed by atoms with E-state index >= 15 is 0 Å². The van der Waals surface area contributed by atoms with E-state index in [1.54, 1.807) is 0 Å². The van der Waals surface area contributed by atoms with E-state index in [0.717, 1.165) is 32.9 Å². The smallest absolute Gasteiger partial charge is 0.252 e. The van der Waals surface area contributed by atoms with Gasteiger partial charge < -0.3 is 5.32 Å². The second kappa shape index (κ2) is 5.26.